The van der Waals surface area contributed by atoms with Crippen molar-refractivity contribution < 1.29 is 9.90 Å². The number of likely N-dealkylation sites (N-methyl/N-ethyl adjacent to an activating group) is 1. The Morgan fingerprint density at radius 1 is 1.40 bits per heavy atom. The molecule has 1 saturated carbocycles. The highest BCUT2D eigenvalue weighted by Gasteiger charge is 2.45. The van der Waals surface area contributed by atoms with E-state index in [4.69, 9.17) is 0 Å². The molecule has 0 spiro atoms. The molecule has 20 heavy (non-hydrogen) atoms. The molecule has 3 atom stereocenters. The van der Waals surface area contributed by atoms with E-state index in [1.807, 2.05) is 6.92 Å². The van der Waals surface area contributed by atoms with Crippen molar-refractivity contribution in [2.45, 2.75) is 76.9 Å². The lowest BCUT2D eigenvalue weighted by atomic mass is 9.78. The smallest absolute Gasteiger partial charge is 0.323 e. The minimum Gasteiger partial charge on any atom is -0.480 e. The van der Waals surface area contributed by atoms with E-state index in [9.17, 15) is 9.90 Å². The molecule has 2 aliphatic rings. The highest BCUT2D eigenvalue weighted by atomic mass is 16.4. The number of aliphatic carboxylic acids is 1. The Kier molecular flexibility index (Phi) is 5.08. The molecule has 2 fully saturated rings. The Hall–Kier alpha value is -0.610. The van der Waals surface area contributed by atoms with E-state index in [2.05, 4.69) is 24.1 Å². The molecule has 116 valence electrons. The fraction of sp³-hybridized carbons (Fsp3) is 0.938. The number of carbonyl (C=O) groups is 1. The van der Waals surface area contributed by atoms with Gasteiger partial charge in [-0.1, -0.05) is 20.8 Å². The molecule has 3 unspecified atom stereocenters. The predicted molar refractivity (Wildman–Crippen MR) is 80.9 cm³/mol. The normalized spacial score (nSPS) is 35.6. The van der Waals surface area contributed by atoms with E-state index in [-0.39, 0.29) is 0 Å². The van der Waals surface area contributed by atoms with Crippen molar-refractivity contribution in [3.8, 4) is 0 Å². The maximum Gasteiger partial charge on any atom is 0.323 e. The molecule has 1 heterocycles. The third-order valence-corrected chi connectivity index (χ3v) is 5.23. The fourth-order valence-electron chi connectivity index (χ4n) is 4.28. The fourth-order valence-corrected chi connectivity index (χ4v) is 4.28. The Labute approximate surface area is 122 Å². The van der Waals surface area contributed by atoms with Crippen LogP contribution in [0.25, 0.3) is 0 Å². The summed E-state index contributed by atoms with van der Waals surface area (Å²) in [6.07, 6.45) is 6.25. The first-order valence-corrected chi connectivity index (χ1v) is 8.24. The molecule has 0 aromatic rings. The Morgan fingerprint density at radius 2 is 2.15 bits per heavy atom. The van der Waals surface area contributed by atoms with Gasteiger partial charge < -0.3 is 10.4 Å². The number of carboxylic acids is 1. The number of nitrogens with zero attached hydrogens (tertiary/aromatic N) is 1. The molecule has 0 radical (unpaired) electrons. The van der Waals surface area contributed by atoms with Crippen LogP contribution < -0.4 is 5.32 Å². The Bertz CT molecular complexity index is 341. The first-order chi connectivity index (χ1) is 9.50. The van der Waals surface area contributed by atoms with E-state index >= 15 is 0 Å². The van der Waals surface area contributed by atoms with Gasteiger partial charge in [-0.05, 0) is 57.5 Å². The van der Waals surface area contributed by atoms with Crippen LogP contribution in [0.1, 0.15) is 59.3 Å². The maximum atomic E-state index is 11.8. The SMILES string of the molecule is CCNC1(C(=O)O)CCCC(N2CCCC2C(C)C)C1. The van der Waals surface area contributed by atoms with Gasteiger partial charge in [0, 0.05) is 12.1 Å². The van der Waals surface area contributed by atoms with Crippen LogP contribution in [0, 0.1) is 5.92 Å². The molecule has 4 heteroatoms. The zero-order chi connectivity index (χ0) is 14.8. The second-order valence-electron chi connectivity index (χ2n) is 6.86. The molecule has 2 rings (SSSR count). The lowest BCUT2D eigenvalue weighted by Crippen LogP contribution is -2.59. The van der Waals surface area contributed by atoms with E-state index < -0.39 is 11.5 Å². The van der Waals surface area contributed by atoms with Crippen molar-refractivity contribution in [3.63, 3.8) is 0 Å². The Balaban J connectivity index is 2.11. The van der Waals surface area contributed by atoms with Gasteiger partial charge in [0.05, 0.1) is 0 Å². The van der Waals surface area contributed by atoms with E-state index in [0.717, 1.165) is 38.8 Å². The topological polar surface area (TPSA) is 52.6 Å². The first kappa shape index (κ1) is 15.8. The molecule has 0 amide bonds. The third-order valence-electron chi connectivity index (χ3n) is 5.23. The largest absolute Gasteiger partial charge is 0.480 e. The minimum atomic E-state index is -0.693. The van der Waals surface area contributed by atoms with Crippen molar-refractivity contribution in [1.82, 2.24) is 10.2 Å². The summed E-state index contributed by atoms with van der Waals surface area (Å²) in [5, 5.41) is 12.9. The molecule has 0 bridgehead atoms. The van der Waals surface area contributed by atoms with Crippen LogP contribution in [0.2, 0.25) is 0 Å². The van der Waals surface area contributed by atoms with Crippen LogP contribution in [0.15, 0.2) is 0 Å². The van der Waals surface area contributed by atoms with Crippen LogP contribution in [-0.2, 0) is 4.79 Å². The van der Waals surface area contributed by atoms with Crippen molar-refractivity contribution >= 4 is 5.97 Å². The van der Waals surface area contributed by atoms with Crippen LogP contribution in [0.5, 0.6) is 0 Å². The summed E-state index contributed by atoms with van der Waals surface area (Å²) in [6, 6.07) is 1.08. The molecular formula is C16H30N2O2. The number of hydrogen-bond acceptors (Lipinski definition) is 3. The standard InChI is InChI=1S/C16H30N2O2/c1-4-17-16(15(19)20)9-5-7-13(11-16)18-10-6-8-14(18)12(2)3/h12-14,17H,4-11H2,1-3H3,(H,19,20). The molecule has 0 aromatic heterocycles. The number of likely N-dealkylation sites (tertiary alicyclic amines) is 1. The van der Waals surface area contributed by atoms with Crippen molar-refractivity contribution in [3.05, 3.63) is 0 Å². The summed E-state index contributed by atoms with van der Waals surface area (Å²) in [6.45, 7) is 8.46. The summed E-state index contributed by atoms with van der Waals surface area (Å²) < 4.78 is 0. The number of hydrogen-bond donors (Lipinski definition) is 2. The average molecular weight is 282 g/mol. The van der Waals surface area contributed by atoms with Gasteiger partial charge >= 0.3 is 5.97 Å². The first-order valence-electron chi connectivity index (χ1n) is 8.24. The average Bonchev–Trinajstić information content (AvgIpc) is 2.88. The highest BCUT2D eigenvalue weighted by Crippen LogP contribution is 2.36. The van der Waals surface area contributed by atoms with Gasteiger partial charge in [0.15, 0.2) is 0 Å². The van der Waals surface area contributed by atoms with Gasteiger partial charge in [0.2, 0.25) is 0 Å². The predicted octanol–water partition coefficient (Wildman–Crippen LogP) is 2.48. The zero-order valence-corrected chi connectivity index (χ0v) is 13.2. The number of carboxylic acid groups (broad SMARTS) is 1. The van der Waals surface area contributed by atoms with Gasteiger partial charge in [0.25, 0.3) is 0 Å². The highest BCUT2D eigenvalue weighted by molar-refractivity contribution is 5.79. The van der Waals surface area contributed by atoms with Gasteiger partial charge in [0.1, 0.15) is 5.54 Å². The second kappa shape index (κ2) is 6.44. The van der Waals surface area contributed by atoms with Gasteiger partial charge in [-0.2, -0.15) is 0 Å². The summed E-state index contributed by atoms with van der Waals surface area (Å²) in [5.74, 6) is 0.00197. The molecular weight excluding hydrogens is 252 g/mol. The molecule has 1 aliphatic carbocycles. The van der Waals surface area contributed by atoms with Gasteiger partial charge in [-0.3, -0.25) is 9.69 Å². The quantitative estimate of drug-likeness (QED) is 0.813. The van der Waals surface area contributed by atoms with Crippen LogP contribution in [0.3, 0.4) is 0 Å². The molecule has 1 aliphatic heterocycles. The van der Waals surface area contributed by atoms with Crippen LogP contribution in [0.4, 0.5) is 0 Å². The van der Waals surface area contributed by atoms with Crippen molar-refractivity contribution in [2.24, 2.45) is 5.92 Å². The van der Waals surface area contributed by atoms with Gasteiger partial charge in [-0.25, -0.2) is 0 Å². The lowest BCUT2D eigenvalue weighted by Gasteiger charge is -2.44. The van der Waals surface area contributed by atoms with Gasteiger partial charge in [-0.15, -0.1) is 0 Å². The van der Waals surface area contributed by atoms with E-state index in [1.54, 1.807) is 0 Å². The minimum absolute atomic E-state index is 0.439. The number of nitrogens with one attached hydrogen (secondary N) is 1. The van der Waals surface area contributed by atoms with Crippen molar-refractivity contribution in [2.75, 3.05) is 13.1 Å². The van der Waals surface area contributed by atoms with E-state index in [1.165, 1.54) is 12.8 Å². The summed E-state index contributed by atoms with van der Waals surface area (Å²) in [5.41, 5.74) is -0.693. The second-order valence-corrected chi connectivity index (χ2v) is 6.86. The third kappa shape index (κ3) is 3.01. The summed E-state index contributed by atoms with van der Waals surface area (Å²) >= 11 is 0. The number of rotatable bonds is 5. The van der Waals surface area contributed by atoms with E-state index in [0.29, 0.717) is 18.0 Å². The maximum absolute atomic E-state index is 11.8. The summed E-state index contributed by atoms with van der Waals surface area (Å²) in [7, 11) is 0. The molecule has 1 saturated heterocycles. The molecule has 4 nitrogen and oxygen atoms in total. The zero-order valence-electron chi connectivity index (χ0n) is 13.2. The molecule has 0 aromatic carbocycles. The van der Waals surface area contributed by atoms with Crippen molar-refractivity contribution in [1.29, 1.82) is 0 Å². The molecule has 2 N–H and O–H groups in total. The monoisotopic (exact) mass is 282 g/mol. The van der Waals surface area contributed by atoms with Crippen LogP contribution in [-0.4, -0.2) is 46.7 Å². The lowest BCUT2D eigenvalue weighted by molar-refractivity contribution is -0.147. The summed E-state index contributed by atoms with van der Waals surface area (Å²) in [4.78, 5) is 14.4. The van der Waals surface area contributed by atoms with Crippen LogP contribution >= 0.6 is 0 Å². The Morgan fingerprint density at radius 3 is 2.75 bits per heavy atom.